The molecule has 0 aromatic heterocycles. The summed E-state index contributed by atoms with van der Waals surface area (Å²) in [5.41, 5.74) is 5.09. The van der Waals surface area contributed by atoms with Crippen molar-refractivity contribution in [2.24, 2.45) is 17.6 Å². The van der Waals surface area contributed by atoms with E-state index in [2.05, 4.69) is 10.6 Å². The van der Waals surface area contributed by atoms with Crippen LogP contribution in [0.15, 0.2) is 0 Å². The average Bonchev–Trinajstić information content (AvgIpc) is 2.44. The molecule has 4 N–H and O–H groups in total. The van der Waals surface area contributed by atoms with Gasteiger partial charge in [-0.1, -0.05) is 13.8 Å². The van der Waals surface area contributed by atoms with Gasteiger partial charge in [0.25, 0.3) is 0 Å². The zero-order valence-corrected chi connectivity index (χ0v) is 12.8. The number of ether oxygens (including phenoxy) is 1. The van der Waals surface area contributed by atoms with Crippen LogP contribution in [0.25, 0.3) is 0 Å². The second-order valence-corrected chi connectivity index (χ2v) is 5.81. The molecule has 0 bridgehead atoms. The molecule has 1 unspecified atom stereocenters. The third-order valence-corrected chi connectivity index (χ3v) is 3.85. The Hall–Kier alpha value is -1.79. The molecular weight excluding hydrogens is 274 g/mol. The standard InChI is InChI=1S/C14H25N3O4/c1-8(2)11(17-14(15)20)12(18)16-10-6-4-9(5-7-10)13(19)21-3/h8-11H,4-7H2,1-3H3,(H,16,18)(H3,15,17,20). The highest BCUT2D eigenvalue weighted by Crippen LogP contribution is 2.25. The van der Waals surface area contributed by atoms with Crippen molar-refractivity contribution < 1.29 is 19.1 Å². The molecule has 1 aliphatic rings. The van der Waals surface area contributed by atoms with Crippen LogP contribution in [-0.4, -0.2) is 37.1 Å². The minimum Gasteiger partial charge on any atom is -0.469 e. The quantitative estimate of drug-likeness (QED) is 0.643. The van der Waals surface area contributed by atoms with Gasteiger partial charge in [-0.15, -0.1) is 0 Å². The van der Waals surface area contributed by atoms with Crippen molar-refractivity contribution >= 4 is 17.9 Å². The highest BCUT2D eigenvalue weighted by molar-refractivity contribution is 5.87. The number of amides is 3. The van der Waals surface area contributed by atoms with E-state index in [-0.39, 0.29) is 29.8 Å². The van der Waals surface area contributed by atoms with Crippen LogP contribution in [0.5, 0.6) is 0 Å². The third-order valence-electron chi connectivity index (χ3n) is 3.85. The molecule has 1 atom stereocenters. The first-order valence-electron chi connectivity index (χ1n) is 7.29. The lowest BCUT2D eigenvalue weighted by Gasteiger charge is -2.29. The fourth-order valence-corrected chi connectivity index (χ4v) is 2.62. The van der Waals surface area contributed by atoms with Gasteiger partial charge in [0.1, 0.15) is 6.04 Å². The highest BCUT2D eigenvalue weighted by Gasteiger charge is 2.30. The Morgan fingerprint density at radius 2 is 1.71 bits per heavy atom. The van der Waals surface area contributed by atoms with Crippen molar-refractivity contribution in [2.75, 3.05) is 7.11 Å². The van der Waals surface area contributed by atoms with E-state index in [4.69, 9.17) is 10.5 Å². The summed E-state index contributed by atoms with van der Waals surface area (Å²) in [6.07, 6.45) is 2.86. The number of esters is 1. The van der Waals surface area contributed by atoms with E-state index in [0.717, 1.165) is 12.8 Å². The van der Waals surface area contributed by atoms with Crippen LogP contribution in [-0.2, 0) is 14.3 Å². The lowest BCUT2D eigenvalue weighted by Crippen LogP contribution is -2.53. The molecule has 7 heteroatoms. The molecule has 0 saturated heterocycles. The van der Waals surface area contributed by atoms with Gasteiger partial charge in [-0.05, 0) is 31.6 Å². The predicted octanol–water partition coefficient (Wildman–Crippen LogP) is 0.527. The first kappa shape index (κ1) is 17.3. The van der Waals surface area contributed by atoms with Crippen molar-refractivity contribution in [3.63, 3.8) is 0 Å². The molecular formula is C14H25N3O4. The summed E-state index contributed by atoms with van der Waals surface area (Å²) in [6, 6.07) is -1.33. The molecule has 1 fully saturated rings. The summed E-state index contributed by atoms with van der Waals surface area (Å²) in [5.74, 6) is -0.544. The predicted molar refractivity (Wildman–Crippen MR) is 77.2 cm³/mol. The fourth-order valence-electron chi connectivity index (χ4n) is 2.62. The molecule has 0 heterocycles. The number of hydrogen-bond acceptors (Lipinski definition) is 4. The van der Waals surface area contributed by atoms with Crippen LogP contribution in [0.4, 0.5) is 4.79 Å². The van der Waals surface area contributed by atoms with Gasteiger partial charge in [0.2, 0.25) is 5.91 Å². The van der Waals surface area contributed by atoms with Gasteiger partial charge in [0, 0.05) is 6.04 Å². The van der Waals surface area contributed by atoms with E-state index < -0.39 is 12.1 Å². The minimum absolute atomic E-state index is 0.0225. The zero-order chi connectivity index (χ0) is 16.0. The molecule has 1 saturated carbocycles. The highest BCUT2D eigenvalue weighted by atomic mass is 16.5. The van der Waals surface area contributed by atoms with Crippen LogP contribution in [0, 0.1) is 11.8 Å². The van der Waals surface area contributed by atoms with Crippen molar-refractivity contribution in [2.45, 2.75) is 51.6 Å². The molecule has 120 valence electrons. The van der Waals surface area contributed by atoms with Crippen LogP contribution >= 0.6 is 0 Å². The largest absolute Gasteiger partial charge is 0.469 e. The maximum absolute atomic E-state index is 12.2. The van der Waals surface area contributed by atoms with Gasteiger partial charge >= 0.3 is 12.0 Å². The maximum atomic E-state index is 12.2. The summed E-state index contributed by atoms with van der Waals surface area (Å²) < 4.78 is 4.73. The van der Waals surface area contributed by atoms with Crippen molar-refractivity contribution in [1.82, 2.24) is 10.6 Å². The zero-order valence-electron chi connectivity index (χ0n) is 12.8. The Bertz CT molecular complexity index is 390. The summed E-state index contributed by atoms with van der Waals surface area (Å²) in [5, 5.41) is 5.38. The second kappa shape index (κ2) is 7.85. The summed E-state index contributed by atoms with van der Waals surface area (Å²) in [4.78, 5) is 34.6. The number of nitrogens with two attached hydrogens (primary N) is 1. The Morgan fingerprint density at radius 1 is 1.14 bits per heavy atom. The van der Waals surface area contributed by atoms with E-state index in [1.165, 1.54) is 7.11 Å². The lowest BCUT2D eigenvalue weighted by atomic mass is 9.86. The number of hydrogen-bond donors (Lipinski definition) is 3. The average molecular weight is 299 g/mol. The Kier molecular flexibility index (Phi) is 6.45. The summed E-state index contributed by atoms with van der Waals surface area (Å²) in [6.45, 7) is 3.68. The first-order chi connectivity index (χ1) is 9.85. The SMILES string of the molecule is COC(=O)C1CCC(NC(=O)C(NC(N)=O)C(C)C)CC1. The van der Waals surface area contributed by atoms with Crippen LogP contribution in [0.1, 0.15) is 39.5 Å². The molecule has 1 aliphatic carbocycles. The Labute approximate surface area is 125 Å². The number of urea groups is 1. The molecule has 1 rings (SSSR count). The van der Waals surface area contributed by atoms with E-state index in [0.29, 0.717) is 12.8 Å². The number of carbonyl (C=O) groups excluding carboxylic acids is 3. The molecule has 0 aromatic carbocycles. The second-order valence-electron chi connectivity index (χ2n) is 5.81. The monoisotopic (exact) mass is 299 g/mol. The van der Waals surface area contributed by atoms with Crippen LogP contribution in [0.2, 0.25) is 0 Å². The topological polar surface area (TPSA) is 111 Å². The molecule has 3 amide bonds. The molecule has 0 aliphatic heterocycles. The van der Waals surface area contributed by atoms with Gasteiger partial charge in [-0.3, -0.25) is 9.59 Å². The molecule has 0 aromatic rings. The Balaban J connectivity index is 2.48. The third kappa shape index (κ3) is 5.24. The normalized spacial score (nSPS) is 23.2. The number of methoxy groups -OCH3 is 1. The minimum atomic E-state index is -0.710. The summed E-state index contributed by atoms with van der Waals surface area (Å²) >= 11 is 0. The van der Waals surface area contributed by atoms with Crippen molar-refractivity contribution in [3.05, 3.63) is 0 Å². The van der Waals surface area contributed by atoms with Gasteiger partial charge in [0.15, 0.2) is 0 Å². The van der Waals surface area contributed by atoms with E-state index in [9.17, 15) is 14.4 Å². The number of carbonyl (C=O) groups is 3. The molecule has 7 nitrogen and oxygen atoms in total. The van der Waals surface area contributed by atoms with Gasteiger partial charge in [0.05, 0.1) is 13.0 Å². The number of primary amides is 1. The first-order valence-corrected chi connectivity index (χ1v) is 7.29. The van der Waals surface area contributed by atoms with Crippen LogP contribution in [0.3, 0.4) is 0 Å². The molecule has 0 radical (unpaired) electrons. The van der Waals surface area contributed by atoms with E-state index in [1.54, 1.807) is 0 Å². The fraction of sp³-hybridized carbons (Fsp3) is 0.786. The van der Waals surface area contributed by atoms with Crippen molar-refractivity contribution in [1.29, 1.82) is 0 Å². The Morgan fingerprint density at radius 3 is 2.14 bits per heavy atom. The van der Waals surface area contributed by atoms with E-state index in [1.807, 2.05) is 13.8 Å². The molecule has 0 spiro atoms. The summed E-state index contributed by atoms with van der Waals surface area (Å²) in [7, 11) is 1.39. The van der Waals surface area contributed by atoms with E-state index >= 15 is 0 Å². The smallest absolute Gasteiger partial charge is 0.312 e. The maximum Gasteiger partial charge on any atom is 0.312 e. The lowest BCUT2D eigenvalue weighted by molar-refractivity contribution is -0.146. The van der Waals surface area contributed by atoms with Gasteiger partial charge in [-0.25, -0.2) is 4.79 Å². The van der Waals surface area contributed by atoms with Gasteiger partial charge < -0.3 is 21.1 Å². The van der Waals surface area contributed by atoms with Crippen LogP contribution < -0.4 is 16.4 Å². The van der Waals surface area contributed by atoms with Crippen molar-refractivity contribution in [3.8, 4) is 0 Å². The number of nitrogens with one attached hydrogen (secondary N) is 2. The van der Waals surface area contributed by atoms with Gasteiger partial charge in [-0.2, -0.15) is 0 Å². The molecule has 21 heavy (non-hydrogen) atoms. The number of rotatable bonds is 5.